The molecule has 1 N–H and O–H groups in total. The van der Waals surface area contributed by atoms with Crippen LogP contribution in [0.15, 0.2) is 42.5 Å². The second kappa shape index (κ2) is 7.65. The summed E-state index contributed by atoms with van der Waals surface area (Å²) < 4.78 is 10.0. The van der Waals surface area contributed by atoms with Crippen LogP contribution in [0.1, 0.15) is 15.9 Å². The molecule has 0 fully saturated rings. The van der Waals surface area contributed by atoms with Crippen molar-refractivity contribution in [3.8, 4) is 5.75 Å². The van der Waals surface area contributed by atoms with Crippen molar-refractivity contribution in [3.63, 3.8) is 0 Å². The minimum absolute atomic E-state index is 0.200. The summed E-state index contributed by atoms with van der Waals surface area (Å²) in [5.41, 5.74) is 1.88. The van der Waals surface area contributed by atoms with Crippen LogP contribution in [0.5, 0.6) is 5.75 Å². The van der Waals surface area contributed by atoms with Gasteiger partial charge >= 0.3 is 5.97 Å². The first-order valence-electron chi connectivity index (χ1n) is 6.87. The highest BCUT2D eigenvalue weighted by atomic mass is 35.5. The van der Waals surface area contributed by atoms with Crippen LogP contribution >= 0.6 is 11.6 Å². The highest BCUT2D eigenvalue weighted by Crippen LogP contribution is 2.22. The molecule has 120 valence electrons. The van der Waals surface area contributed by atoms with Crippen LogP contribution in [0, 0.1) is 6.92 Å². The van der Waals surface area contributed by atoms with E-state index >= 15 is 0 Å². The number of hydrogen-bond donors (Lipinski definition) is 1. The largest absolute Gasteiger partial charge is 0.484 e. The number of amides is 1. The van der Waals surface area contributed by atoms with Gasteiger partial charge in [0.15, 0.2) is 6.61 Å². The summed E-state index contributed by atoms with van der Waals surface area (Å²) in [7, 11) is 1.30. The normalized spacial score (nSPS) is 10.0. The second-order valence-electron chi connectivity index (χ2n) is 4.84. The van der Waals surface area contributed by atoms with Gasteiger partial charge in [-0.2, -0.15) is 0 Å². The molecule has 0 aliphatic carbocycles. The first kappa shape index (κ1) is 16.8. The minimum Gasteiger partial charge on any atom is -0.484 e. The van der Waals surface area contributed by atoms with E-state index in [1.807, 2.05) is 13.0 Å². The predicted molar refractivity (Wildman–Crippen MR) is 88.1 cm³/mol. The van der Waals surface area contributed by atoms with Crippen molar-refractivity contribution in [1.29, 1.82) is 0 Å². The van der Waals surface area contributed by atoms with E-state index < -0.39 is 5.97 Å². The summed E-state index contributed by atoms with van der Waals surface area (Å²) in [6.45, 7) is 1.71. The number of anilines is 1. The zero-order valence-electron chi connectivity index (χ0n) is 12.8. The molecule has 1 amide bonds. The molecule has 0 bridgehead atoms. The zero-order chi connectivity index (χ0) is 16.8. The zero-order valence-corrected chi connectivity index (χ0v) is 13.5. The van der Waals surface area contributed by atoms with E-state index in [1.165, 1.54) is 13.2 Å². The fourth-order valence-corrected chi connectivity index (χ4v) is 2.17. The van der Waals surface area contributed by atoms with Gasteiger partial charge in [0.05, 0.1) is 23.4 Å². The summed E-state index contributed by atoms with van der Waals surface area (Å²) in [5.74, 6) is -0.413. The molecule has 2 rings (SSSR count). The Kier molecular flexibility index (Phi) is 5.60. The van der Waals surface area contributed by atoms with Gasteiger partial charge in [-0.3, -0.25) is 4.79 Å². The fraction of sp³-hybridized carbons (Fsp3) is 0.176. The van der Waals surface area contributed by atoms with Crippen molar-refractivity contribution in [1.82, 2.24) is 0 Å². The van der Waals surface area contributed by atoms with Crippen LogP contribution in [0.25, 0.3) is 0 Å². The molecule has 0 radical (unpaired) electrons. The maximum Gasteiger partial charge on any atom is 0.337 e. The van der Waals surface area contributed by atoms with E-state index in [9.17, 15) is 9.59 Å². The third-order valence-electron chi connectivity index (χ3n) is 3.02. The fourth-order valence-electron chi connectivity index (χ4n) is 1.89. The summed E-state index contributed by atoms with van der Waals surface area (Å²) in [6, 6.07) is 11.8. The Morgan fingerprint density at radius 2 is 1.96 bits per heavy atom. The Bertz CT molecular complexity index is 730. The lowest BCUT2D eigenvalue weighted by Gasteiger charge is -2.10. The molecule has 0 aliphatic heterocycles. The van der Waals surface area contributed by atoms with E-state index in [1.54, 1.807) is 30.3 Å². The van der Waals surface area contributed by atoms with Gasteiger partial charge in [-0.1, -0.05) is 23.7 Å². The lowest BCUT2D eigenvalue weighted by atomic mass is 10.2. The number of nitrogens with one attached hydrogen (secondary N) is 1. The summed E-state index contributed by atoms with van der Waals surface area (Å²) in [6.07, 6.45) is 0. The molecule has 0 unspecified atom stereocenters. The van der Waals surface area contributed by atoms with Crippen LogP contribution in [0.3, 0.4) is 0 Å². The van der Waals surface area contributed by atoms with E-state index in [4.69, 9.17) is 16.3 Å². The molecule has 0 saturated heterocycles. The molecule has 2 aromatic carbocycles. The predicted octanol–water partition coefficient (Wildman–Crippen LogP) is 3.45. The maximum atomic E-state index is 11.9. The number of esters is 1. The lowest BCUT2D eigenvalue weighted by Crippen LogP contribution is -2.20. The molecule has 0 saturated carbocycles. The molecule has 0 aliphatic rings. The smallest absolute Gasteiger partial charge is 0.337 e. The number of halogens is 1. The molecular formula is C17H16ClNO4. The number of rotatable bonds is 5. The summed E-state index contributed by atoms with van der Waals surface area (Å²) >= 11 is 6.06. The van der Waals surface area contributed by atoms with E-state index in [0.717, 1.165) is 5.56 Å². The average Bonchev–Trinajstić information content (AvgIpc) is 2.55. The molecule has 0 aromatic heterocycles. The van der Waals surface area contributed by atoms with Crippen LogP contribution in [-0.4, -0.2) is 25.6 Å². The molecule has 23 heavy (non-hydrogen) atoms. The number of ether oxygens (including phenoxy) is 2. The van der Waals surface area contributed by atoms with Crippen LogP contribution in [0.2, 0.25) is 5.02 Å². The van der Waals surface area contributed by atoms with E-state index in [-0.39, 0.29) is 12.5 Å². The first-order valence-corrected chi connectivity index (χ1v) is 7.24. The number of carbonyl (C=O) groups excluding carboxylic acids is 2. The first-order chi connectivity index (χ1) is 11.0. The monoisotopic (exact) mass is 333 g/mol. The Balaban J connectivity index is 1.95. The van der Waals surface area contributed by atoms with Crippen molar-refractivity contribution in [2.24, 2.45) is 0 Å². The Morgan fingerprint density at radius 1 is 1.17 bits per heavy atom. The molecule has 5 nitrogen and oxygen atoms in total. The maximum absolute atomic E-state index is 11.9. The molecule has 0 heterocycles. The molecule has 6 heteroatoms. The topological polar surface area (TPSA) is 64.6 Å². The molecular weight excluding hydrogens is 318 g/mol. The lowest BCUT2D eigenvalue weighted by molar-refractivity contribution is -0.118. The Morgan fingerprint density at radius 3 is 2.65 bits per heavy atom. The van der Waals surface area contributed by atoms with Gasteiger partial charge in [0.2, 0.25) is 0 Å². The number of benzene rings is 2. The van der Waals surface area contributed by atoms with Crippen molar-refractivity contribution >= 4 is 29.2 Å². The van der Waals surface area contributed by atoms with Crippen molar-refractivity contribution in [2.45, 2.75) is 6.92 Å². The van der Waals surface area contributed by atoms with Gasteiger partial charge < -0.3 is 14.8 Å². The van der Waals surface area contributed by atoms with Crippen molar-refractivity contribution in [2.75, 3.05) is 19.0 Å². The third kappa shape index (κ3) is 4.72. The summed E-state index contributed by atoms with van der Waals surface area (Å²) in [4.78, 5) is 23.3. The highest BCUT2D eigenvalue weighted by molar-refractivity contribution is 6.33. The quantitative estimate of drug-likeness (QED) is 0.851. The third-order valence-corrected chi connectivity index (χ3v) is 3.34. The van der Waals surface area contributed by atoms with E-state index in [0.29, 0.717) is 22.0 Å². The minimum atomic E-state index is -0.466. The van der Waals surface area contributed by atoms with Gasteiger partial charge in [-0.25, -0.2) is 4.79 Å². The number of hydrogen-bond acceptors (Lipinski definition) is 4. The van der Waals surface area contributed by atoms with Crippen molar-refractivity contribution < 1.29 is 19.1 Å². The Labute approximate surface area is 139 Å². The molecule has 0 spiro atoms. The average molecular weight is 334 g/mol. The SMILES string of the molecule is COC(=O)c1cccc(OCC(=O)Nc2ccc(C)cc2Cl)c1. The van der Waals surface area contributed by atoms with Crippen molar-refractivity contribution in [3.05, 3.63) is 58.6 Å². The van der Waals surface area contributed by atoms with Gasteiger partial charge in [-0.05, 0) is 42.8 Å². The number of aryl methyl sites for hydroxylation is 1. The number of methoxy groups -OCH3 is 1. The Hall–Kier alpha value is -2.53. The highest BCUT2D eigenvalue weighted by Gasteiger charge is 2.09. The molecule has 0 atom stereocenters. The van der Waals surface area contributed by atoms with Gasteiger partial charge in [-0.15, -0.1) is 0 Å². The van der Waals surface area contributed by atoms with Crippen LogP contribution in [0.4, 0.5) is 5.69 Å². The number of carbonyl (C=O) groups is 2. The van der Waals surface area contributed by atoms with Gasteiger partial charge in [0.1, 0.15) is 5.75 Å². The van der Waals surface area contributed by atoms with Crippen LogP contribution < -0.4 is 10.1 Å². The second-order valence-corrected chi connectivity index (χ2v) is 5.25. The summed E-state index contributed by atoms with van der Waals surface area (Å²) in [5, 5.41) is 3.13. The van der Waals surface area contributed by atoms with E-state index in [2.05, 4.69) is 10.1 Å². The van der Waals surface area contributed by atoms with Gasteiger partial charge in [0.25, 0.3) is 5.91 Å². The molecule has 2 aromatic rings. The van der Waals surface area contributed by atoms with Crippen LogP contribution in [-0.2, 0) is 9.53 Å². The van der Waals surface area contributed by atoms with Gasteiger partial charge in [0, 0.05) is 0 Å². The standard InChI is InChI=1S/C17H16ClNO4/c1-11-6-7-15(14(18)8-11)19-16(20)10-23-13-5-3-4-12(9-13)17(21)22-2/h3-9H,10H2,1-2H3,(H,19,20).